The molecule has 0 bridgehead atoms. The largest absolute Gasteiger partial charge is 0.481 e. The number of hydrogen-bond donors (Lipinski definition) is 2. The van der Waals surface area contributed by atoms with Crippen LogP contribution in [0.1, 0.15) is 6.42 Å². The quantitative estimate of drug-likeness (QED) is 0.814. The van der Waals surface area contributed by atoms with Gasteiger partial charge in [0.1, 0.15) is 11.0 Å². The summed E-state index contributed by atoms with van der Waals surface area (Å²) in [5.74, 6) is -1.08. The number of carboxylic acid groups (broad SMARTS) is 1. The first kappa shape index (κ1) is 15.9. The molecule has 2 N–H and O–H groups in total. The smallest absolute Gasteiger partial charge is 0.304 e. The zero-order chi connectivity index (χ0) is 15.6. The van der Waals surface area contributed by atoms with E-state index in [9.17, 15) is 13.2 Å². The Morgan fingerprint density at radius 3 is 2.86 bits per heavy atom. The van der Waals surface area contributed by atoms with Crippen LogP contribution in [0.25, 0.3) is 11.0 Å². The van der Waals surface area contributed by atoms with Crippen LogP contribution in [-0.4, -0.2) is 46.1 Å². The van der Waals surface area contributed by atoms with Gasteiger partial charge in [-0.3, -0.25) is 9.52 Å². The number of benzene rings is 1. The third-order valence-electron chi connectivity index (χ3n) is 2.66. The van der Waals surface area contributed by atoms with Crippen molar-refractivity contribution in [3.05, 3.63) is 17.2 Å². The Hall–Kier alpha value is -1.49. The SMILES string of the molecule is CN(CCC(=O)O)S(=O)(=O)Nc1c(Cl)ccc2nsnc12. The van der Waals surface area contributed by atoms with E-state index < -0.39 is 16.2 Å². The Morgan fingerprint density at radius 1 is 1.48 bits per heavy atom. The molecule has 0 atom stereocenters. The van der Waals surface area contributed by atoms with Crippen LogP contribution in [0.2, 0.25) is 5.02 Å². The summed E-state index contributed by atoms with van der Waals surface area (Å²) in [6.45, 7) is -0.159. The van der Waals surface area contributed by atoms with Crippen molar-refractivity contribution < 1.29 is 18.3 Å². The van der Waals surface area contributed by atoms with Crippen LogP contribution in [0.3, 0.4) is 0 Å². The van der Waals surface area contributed by atoms with Crippen LogP contribution >= 0.6 is 23.3 Å². The summed E-state index contributed by atoms with van der Waals surface area (Å²) in [5.41, 5.74) is 1.00. The summed E-state index contributed by atoms with van der Waals surface area (Å²) in [6.07, 6.45) is -0.298. The molecule has 0 fully saturated rings. The van der Waals surface area contributed by atoms with E-state index in [1.54, 1.807) is 6.07 Å². The van der Waals surface area contributed by atoms with Crippen LogP contribution in [0.15, 0.2) is 12.1 Å². The van der Waals surface area contributed by atoms with Gasteiger partial charge in [-0.05, 0) is 12.1 Å². The second kappa shape index (κ2) is 6.10. The summed E-state index contributed by atoms with van der Waals surface area (Å²) >= 11 is 6.94. The molecule has 0 spiro atoms. The van der Waals surface area contributed by atoms with E-state index in [-0.39, 0.29) is 23.7 Å². The first-order chi connectivity index (χ1) is 9.81. The van der Waals surface area contributed by atoms with E-state index in [0.717, 1.165) is 16.0 Å². The monoisotopic (exact) mass is 350 g/mol. The lowest BCUT2D eigenvalue weighted by Gasteiger charge is -2.18. The number of aromatic nitrogens is 2. The molecule has 2 rings (SSSR count). The normalized spacial score (nSPS) is 12.0. The highest BCUT2D eigenvalue weighted by molar-refractivity contribution is 7.90. The number of hydrogen-bond acceptors (Lipinski definition) is 6. The van der Waals surface area contributed by atoms with Gasteiger partial charge >= 0.3 is 16.2 Å². The van der Waals surface area contributed by atoms with Crippen molar-refractivity contribution in [1.82, 2.24) is 13.1 Å². The number of aliphatic carboxylic acids is 1. The van der Waals surface area contributed by atoms with Crippen LogP contribution in [0.5, 0.6) is 0 Å². The van der Waals surface area contributed by atoms with Crippen LogP contribution in [0.4, 0.5) is 5.69 Å². The lowest BCUT2D eigenvalue weighted by atomic mass is 10.3. The molecule has 0 aliphatic rings. The Morgan fingerprint density at radius 2 is 2.19 bits per heavy atom. The van der Waals surface area contributed by atoms with Gasteiger partial charge in [-0.15, -0.1) is 0 Å². The Labute approximate surface area is 129 Å². The molecule has 1 aromatic heterocycles. The average molecular weight is 351 g/mol. The van der Waals surface area contributed by atoms with Gasteiger partial charge in [-0.1, -0.05) is 11.6 Å². The molecule has 0 aliphatic heterocycles. The standard InChI is InChI=1S/C10H11ClN4O4S2/c1-15(5-4-8(16)17)21(18,19)14-9-6(11)2-3-7-10(9)13-20-12-7/h2-3,14H,4-5H2,1H3,(H,16,17). The van der Waals surface area contributed by atoms with Gasteiger partial charge in [0.15, 0.2) is 0 Å². The van der Waals surface area contributed by atoms with Gasteiger partial charge in [-0.2, -0.15) is 21.5 Å². The molecule has 11 heteroatoms. The molecular weight excluding hydrogens is 340 g/mol. The second-order valence-electron chi connectivity index (χ2n) is 4.13. The van der Waals surface area contributed by atoms with Crippen molar-refractivity contribution in [3.63, 3.8) is 0 Å². The van der Waals surface area contributed by atoms with Gasteiger partial charge in [-0.25, -0.2) is 0 Å². The van der Waals surface area contributed by atoms with E-state index in [4.69, 9.17) is 16.7 Å². The van der Waals surface area contributed by atoms with E-state index in [1.807, 2.05) is 0 Å². The van der Waals surface area contributed by atoms with Crippen molar-refractivity contribution in [1.29, 1.82) is 0 Å². The fraction of sp³-hybridized carbons (Fsp3) is 0.300. The summed E-state index contributed by atoms with van der Waals surface area (Å²) in [6, 6.07) is 3.15. The zero-order valence-corrected chi connectivity index (χ0v) is 13.2. The highest BCUT2D eigenvalue weighted by Gasteiger charge is 2.21. The predicted octanol–water partition coefficient (Wildman–Crippen LogP) is 1.41. The predicted molar refractivity (Wildman–Crippen MR) is 79.9 cm³/mol. The number of halogens is 1. The third kappa shape index (κ3) is 3.59. The van der Waals surface area contributed by atoms with Crippen molar-refractivity contribution in [3.8, 4) is 0 Å². The van der Waals surface area contributed by atoms with Crippen LogP contribution in [-0.2, 0) is 15.0 Å². The van der Waals surface area contributed by atoms with E-state index >= 15 is 0 Å². The maximum atomic E-state index is 12.1. The van der Waals surface area contributed by atoms with Gasteiger partial charge in [0.05, 0.1) is 28.9 Å². The number of carboxylic acids is 1. The number of anilines is 1. The zero-order valence-electron chi connectivity index (χ0n) is 10.8. The fourth-order valence-electron chi connectivity index (χ4n) is 1.50. The second-order valence-corrected chi connectivity index (χ2v) is 6.84. The van der Waals surface area contributed by atoms with Crippen molar-refractivity contribution >= 4 is 56.2 Å². The molecule has 21 heavy (non-hydrogen) atoms. The molecule has 0 unspecified atom stereocenters. The van der Waals surface area contributed by atoms with E-state index in [0.29, 0.717) is 11.0 Å². The molecule has 8 nitrogen and oxygen atoms in total. The molecule has 1 aromatic carbocycles. The molecule has 0 aliphatic carbocycles. The summed E-state index contributed by atoms with van der Waals surface area (Å²) < 4.78 is 35.5. The van der Waals surface area contributed by atoms with Gasteiger partial charge < -0.3 is 5.11 Å². The highest BCUT2D eigenvalue weighted by atomic mass is 35.5. The molecule has 2 aromatic rings. The third-order valence-corrected chi connectivity index (χ3v) is 4.98. The van der Waals surface area contributed by atoms with Gasteiger partial charge in [0.2, 0.25) is 0 Å². The van der Waals surface area contributed by atoms with Crippen molar-refractivity contribution in [2.45, 2.75) is 6.42 Å². The first-order valence-electron chi connectivity index (χ1n) is 5.68. The van der Waals surface area contributed by atoms with E-state index in [2.05, 4.69) is 13.5 Å². The number of fused-ring (bicyclic) bond motifs is 1. The molecule has 0 radical (unpaired) electrons. The first-order valence-corrected chi connectivity index (χ1v) is 8.23. The molecule has 0 saturated carbocycles. The molecular formula is C10H11ClN4O4S2. The maximum Gasteiger partial charge on any atom is 0.304 e. The van der Waals surface area contributed by atoms with Crippen molar-refractivity contribution in [2.24, 2.45) is 0 Å². The Kier molecular flexibility index (Phi) is 4.61. The number of nitrogens with one attached hydrogen (secondary N) is 1. The topological polar surface area (TPSA) is 112 Å². The molecule has 1 heterocycles. The van der Waals surface area contributed by atoms with Crippen LogP contribution in [0, 0.1) is 0 Å². The minimum absolute atomic E-state index is 0.130. The summed E-state index contributed by atoms with van der Waals surface area (Å²) in [5, 5.41) is 8.78. The molecule has 114 valence electrons. The van der Waals surface area contributed by atoms with Gasteiger partial charge in [0, 0.05) is 13.6 Å². The average Bonchev–Trinajstić information content (AvgIpc) is 2.87. The fourth-order valence-corrected chi connectivity index (χ4v) is 3.25. The number of rotatable bonds is 6. The van der Waals surface area contributed by atoms with Crippen LogP contribution < -0.4 is 4.72 Å². The molecule has 0 amide bonds. The summed E-state index contributed by atoms with van der Waals surface area (Å²) in [7, 11) is -2.65. The van der Waals surface area contributed by atoms with Crippen molar-refractivity contribution in [2.75, 3.05) is 18.3 Å². The summed E-state index contributed by atoms with van der Waals surface area (Å²) in [4.78, 5) is 10.5. The number of nitrogens with zero attached hydrogens (tertiary/aromatic N) is 3. The maximum absolute atomic E-state index is 12.1. The van der Waals surface area contributed by atoms with Gasteiger partial charge in [0.25, 0.3) is 0 Å². The van der Waals surface area contributed by atoms with E-state index in [1.165, 1.54) is 13.1 Å². The lowest BCUT2D eigenvalue weighted by molar-refractivity contribution is -0.137. The molecule has 0 saturated heterocycles. The minimum atomic E-state index is -3.93. The highest BCUT2D eigenvalue weighted by Crippen LogP contribution is 2.30. The Bertz CT molecular complexity index is 776. The lowest BCUT2D eigenvalue weighted by Crippen LogP contribution is -2.34. The minimum Gasteiger partial charge on any atom is -0.481 e. The Balaban J connectivity index is 2.28. The number of carbonyl (C=O) groups is 1.